The number of aromatic nitrogens is 1. The fourth-order valence-corrected chi connectivity index (χ4v) is 5.11. The Morgan fingerprint density at radius 1 is 1.23 bits per heavy atom. The number of carbonyl (C=O) groups is 1. The van der Waals surface area contributed by atoms with E-state index in [1.54, 1.807) is 13.2 Å². The van der Waals surface area contributed by atoms with Gasteiger partial charge < -0.3 is 14.2 Å². The summed E-state index contributed by atoms with van der Waals surface area (Å²) in [6, 6.07) is 9.59. The number of amides is 1. The first-order valence-electron chi connectivity index (χ1n) is 9.21. The van der Waals surface area contributed by atoms with Crippen LogP contribution < -0.4 is 4.74 Å². The number of hydrogen-bond acceptors (Lipinski definition) is 4. The maximum Gasteiger partial charge on any atom is 0.276 e. The molecule has 1 aliphatic heterocycles. The van der Waals surface area contributed by atoms with Gasteiger partial charge in [-0.15, -0.1) is 0 Å². The summed E-state index contributed by atoms with van der Waals surface area (Å²) < 4.78 is 10.6. The molecule has 1 aromatic carbocycles. The summed E-state index contributed by atoms with van der Waals surface area (Å²) >= 11 is 0. The Labute approximate surface area is 154 Å². The van der Waals surface area contributed by atoms with Gasteiger partial charge in [-0.1, -0.05) is 25.9 Å². The highest BCUT2D eigenvalue weighted by Gasteiger charge is 2.51. The lowest BCUT2D eigenvalue weighted by molar-refractivity contribution is 0.0698. The predicted octanol–water partition coefficient (Wildman–Crippen LogP) is 4.39. The largest absolute Gasteiger partial charge is 0.497 e. The molecule has 0 spiro atoms. The number of benzene rings is 1. The molecule has 1 saturated heterocycles. The first-order chi connectivity index (χ1) is 12.3. The van der Waals surface area contributed by atoms with Crippen LogP contribution in [0.25, 0.3) is 11.3 Å². The Morgan fingerprint density at radius 2 is 1.96 bits per heavy atom. The summed E-state index contributed by atoms with van der Waals surface area (Å²) in [6.07, 6.45) is 3.30. The molecule has 1 aliphatic carbocycles. The molecule has 138 valence electrons. The minimum absolute atomic E-state index is 0.0139. The monoisotopic (exact) mass is 354 g/mol. The van der Waals surface area contributed by atoms with Gasteiger partial charge in [-0.25, -0.2) is 0 Å². The normalized spacial score (nSPS) is 26.8. The number of rotatable bonds is 3. The van der Waals surface area contributed by atoms with E-state index in [9.17, 15) is 4.79 Å². The molecule has 1 saturated carbocycles. The zero-order valence-electron chi connectivity index (χ0n) is 15.9. The average molecular weight is 354 g/mol. The van der Waals surface area contributed by atoms with Crippen LogP contribution in [-0.2, 0) is 0 Å². The molecule has 0 unspecified atom stereocenters. The number of hydrogen-bond donors (Lipinski definition) is 0. The maximum absolute atomic E-state index is 13.1. The van der Waals surface area contributed by atoms with Crippen molar-refractivity contribution in [3.05, 3.63) is 36.0 Å². The van der Waals surface area contributed by atoms with Crippen molar-refractivity contribution in [2.75, 3.05) is 13.7 Å². The fraction of sp³-hybridized carbons (Fsp3) is 0.524. The number of ether oxygens (including phenoxy) is 1. The summed E-state index contributed by atoms with van der Waals surface area (Å²) in [5.74, 6) is 1.37. The van der Waals surface area contributed by atoms with Crippen molar-refractivity contribution in [1.82, 2.24) is 10.1 Å². The molecule has 5 nitrogen and oxygen atoms in total. The smallest absolute Gasteiger partial charge is 0.276 e. The van der Waals surface area contributed by atoms with Crippen LogP contribution in [0.1, 0.15) is 50.5 Å². The van der Waals surface area contributed by atoms with Crippen LogP contribution in [0.15, 0.2) is 34.9 Å². The highest BCUT2D eigenvalue weighted by atomic mass is 16.5. The zero-order chi connectivity index (χ0) is 18.5. The van der Waals surface area contributed by atoms with Gasteiger partial charge in [0.2, 0.25) is 0 Å². The van der Waals surface area contributed by atoms with Gasteiger partial charge in [0.25, 0.3) is 5.91 Å². The summed E-state index contributed by atoms with van der Waals surface area (Å²) in [7, 11) is 1.63. The van der Waals surface area contributed by atoms with E-state index < -0.39 is 0 Å². The van der Waals surface area contributed by atoms with E-state index in [0.29, 0.717) is 17.5 Å². The molecule has 4 rings (SSSR count). The predicted molar refractivity (Wildman–Crippen MR) is 99.1 cm³/mol. The van der Waals surface area contributed by atoms with Crippen LogP contribution in [0.2, 0.25) is 0 Å². The highest BCUT2D eigenvalue weighted by molar-refractivity contribution is 5.93. The number of carbonyl (C=O) groups excluding carboxylic acids is 1. The minimum atomic E-state index is -0.0139. The van der Waals surface area contributed by atoms with Gasteiger partial charge in [-0.2, -0.15) is 0 Å². The molecule has 5 heteroatoms. The first kappa shape index (κ1) is 17.1. The Balaban J connectivity index is 1.55. The standard InChI is InChI=1S/C21H26N2O3/c1-20(2)10-15-11-21(3,12-20)13-23(15)19(24)17-9-18(26-22-17)14-5-7-16(25-4)8-6-14/h5-9,15H,10-13H2,1-4H3/t15-,21+/m0/s1. The Kier molecular flexibility index (Phi) is 3.86. The third-order valence-electron chi connectivity index (χ3n) is 5.78. The SMILES string of the molecule is COc1ccc(-c2cc(C(=O)N3C[C@]4(C)C[C@@H]3CC(C)(C)C4)no2)cc1. The third-order valence-corrected chi connectivity index (χ3v) is 5.78. The first-order valence-corrected chi connectivity index (χ1v) is 9.21. The third kappa shape index (κ3) is 3.00. The van der Waals surface area contributed by atoms with E-state index in [0.717, 1.165) is 37.1 Å². The number of likely N-dealkylation sites (tertiary alicyclic amines) is 1. The van der Waals surface area contributed by atoms with Gasteiger partial charge in [-0.3, -0.25) is 4.79 Å². The molecule has 2 atom stereocenters. The maximum atomic E-state index is 13.1. The second-order valence-electron chi connectivity index (χ2n) is 8.95. The molecule has 2 bridgehead atoms. The van der Waals surface area contributed by atoms with Gasteiger partial charge >= 0.3 is 0 Å². The summed E-state index contributed by atoms with van der Waals surface area (Å²) in [4.78, 5) is 15.1. The van der Waals surface area contributed by atoms with Gasteiger partial charge in [0.15, 0.2) is 11.5 Å². The zero-order valence-corrected chi connectivity index (χ0v) is 15.9. The number of nitrogens with zero attached hydrogens (tertiary/aromatic N) is 2. The Morgan fingerprint density at radius 3 is 2.65 bits per heavy atom. The lowest BCUT2D eigenvalue weighted by Gasteiger charge is -2.39. The van der Waals surface area contributed by atoms with Crippen molar-refractivity contribution in [2.24, 2.45) is 10.8 Å². The van der Waals surface area contributed by atoms with Gasteiger partial charge in [-0.05, 0) is 54.4 Å². The summed E-state index contributed by atoms with van der Waals surface area (Å²) in [6.45, 7) is 7.73. The van der Waals surface area contributed by atoms with E-state index in [1.165, 1.54) is 0 Å². The molecular weight excluding hydrogens is 328 g/mol. The molecule has 26 heavy (non-hydrogen) atoms. The summed E-state index contributed by atoms with van der Waals surface area (Å²) in [5, 5.41) is 4.06. The van der Waals surface area contributed by atoms with Crippen LogP contribution in [-0.4, -0.2) is 35.7 Å². The average Bonchev–Trinajstić information content (AvgIpc) is 3.16. The molecule has 2 heterocycles. The number of fused-ring (bicyclic) bond motifs is 2. The van der Waals surface area contributed by atoms with Gasteiger partial charge in [0, 0.05) is 24.2 Å². The molecule has 1 aromatic heterocycles. The Hall–Kier alpha value is -2.30. The van der Waals surface area contributed by atoms with Crippen molar-refractivity contribution in [2.45, 2.75) is 46.1 Å². The van der Waals surface area contributed by atoms with Crippen LogP contribution in [0.4, 0.5) is 0 Å². The van der Waals surface area contributed by atoms with Crippen molar-refractivity contribution >= 4 is 5.91 Å². The van der Waals surface area contributed by atoms with Crippen LogP contribution >= 0.6 is 0 Å². The van der Waals surface area contributed by atoms with Crippen LogP contribution in [0.5, 0.6) is 5.75 Å². The topological polar surface area (TPSA) is 55.6 Å². The molecule has 0 radical (unpaired) electrons. The fourth-order valence-electron chi connectivity index (χ4n) is 5.11. The van der Waals surface area contributed by atoms with Gasteiger partial charge in [0.1, 0.15) is 5.75 Å². The lowest BCUT2D eigenvalue weighted by Crippen LogP contribution is -2.37. The van der Waals surface area contributed by atoms with Crippen molar-refractivity contribution in [3.8, 4) is 17.1 Å². The van der Waals surface area contributed by atoms with E-state index in [4.69, 9.17) is 9.26 Å². The van der Waals surface area contributed by atoms with Crippen LogP contribution in [0.3, 0.4) is 0 Å². The van der Waals surface area contributed by atoms with E-state index in [2.05, 4.69) is 25.9 Å². The van der Waals surface area contributed by atoms with Crippen molar-refractivity contribution in [3.63, 3.8) is 0 Å². The second kappa shape index (κ2) is 5.86. The lowest BCUT2D eigenvalue weighted by atomic mass is 9.65. The number of methoxy groups -OCH3 is 1. The molecule has 0 N–H and O–H groups in total. The van der Waals surface area contributed by atoms with Crippen molar-refractivity contribution < 1.29 is 14.1 Å². The summed E-state index contributed by atoms with van der Waals surface area (Å²) in [5.41, 5.74) is 1.77. The molecule has 2 aliphatic rings. The highest BCUT2D eigenvalue weighted by Crippen LogP contribution is 2.52. The molecule has 2 fully saturated rings. The second-order valence-corrected chi connectivity index (χ2v) is 8.95. The Bertz CT molecular complexity index is 824. The molecule has 1 amide bonds. The van der Waals surface area contributed by atoms with E-state index in [1.807, 2.05) is 29.2 Å². The van der Waals surface area contributed by atoms with Crippen LogP contribution in [0, 0.1) is 10.8 Å². The van der Waals surface area contributed by atoms with E-state index in [-0.39, 0.29) is 16.7 Å². The van der Waals surface area contributed by atoms with Gasteiger partial charge in [0.05, 0.1) is 7.11 Å². The molecular formula is C21H26N2O3. The quantitative estimate of drug-likeness (QED) is 0.820. The van der Waals surface area contributed by atoms with Crippen molar-refractivity contribution in [1.29, 1.82) is 0 Å². The molecule has 2 aromatic rings. The minimum Gasteiger partial charge on any atom is -0.497 e. The van der Waals surface area contributed by atoms with E-state index >= 15 is 0 Å².